The van der Waals surface area contributed by atoms with Crippen molar-refractivity contribution in [3.63, 3.8) is 0 Å². The maximum Gasteiger partial charge on any atom is 0.329 e. The van der Waals surface area contributed by atoms with Gasteiger partial charge in [-0.2, -0.15) is 12.6 Å². The molecule has 130 valence electrons. The van der Waals surface area contributed by atoms with Gasteiger partial charge in [-0.1, -0.05) is 0 Å². The summed E-state index contributed by atoms with van der Waals surface area (Å²) in [7, 11) is 3.75. The summed E-state index contributed by atoms with van der Waals surface area (Å²) in [5, 5.41) is 13.5. The van der Waals surface area contributed by atoms with Crippen LogP contribution in [0.25, 0.3) is 0 Å². The van der Waals surface area contributed by atoms with Crippen LogP contribution in [-0.2, 0) is 16.1 Å². The average Bonchev–Trinajstić information content (AvgIpc) is 2.93. The van der Waals surface area contributed by atoms with Gasteiger partial charge in [-0.25, -0.2) is 4.79 Å². The smallest absolute Gasteiger partial charge is 0.329 e. The highest BCUT2D eigenvalue weighted by molar-refractivity contribution is 7.81. The number of benzene rings is 1. The first-order chi connectivity index (χ1) is 11.4. The first-order valence-electron chi connectivity index (χ1n) is 7.40. The van der Waals surface area contributed by atoms with Crippen molar-refractivity contribution in [2.75, 3.05) is 20.6 Å². The van der Waals surface area contributed by atoms with E-state index in [1.54, 1.807) is 0 Å². The van der Waals surface area contributed by atoms with Crippen LogP contribution in [0.5, 0.6) is 0 Å². The van der Waals surface area contributed by atoms with Gasteiger partial charge in [0.15, 0.2) is 0 Å². The number of nitrogens with zero attached hydrogens (tertiary/aromatic N) is 2. The van der Waals surface area contributed by atoms with E-state index < -0.39 is 16.9 Å². The van der Waals surface area contributed by atoms with Crippen molar-refractivity contribution in [3.8, 4) is 0 Å². The van der Waals surface area contributed by atoms with Crippen molar-refractivity contribution < 1.29 is 19.2 Å². The van der Waals surface area contributed by atoms with Crippen LogP contribution in [0.3, 0.4) is 0 Å². The Kier molecular flexibility index (Phi) is 5.79. The summed E-state index contributed by atoms with van der Waals surface area (Å²) in [5.41, 5.74) is 0.524. The molecule has 0 spiro atoms. The lowest BCUT2D eigenvalue weighted by atomic mass is 10.0. The van der Waals surface area contributed by atoms with E-state index in [0.717, 1.165) is 0 Å². The third kappa shape index (κ3) is 3.68. The molecule has 1 fully saturated rings. The van der Waals surface area contributed by atoms with E-state index >= 15 is 0 Å². The van der Waals surface area contributed by atoms with Crippen LogP contribution < -0.4 is 5.32 Å². The quantitative estimate of drug-likeness (QED) is 0.338. The predicted molar refractivity (Wildman–Crippen MR) is 90.1 cm³/mol. The lowest BCUT2D eigenvalue weighted by molar-refractivity contribution is -0.384. The maximum atomic E-state index is 12.6. The average molecular weight is 353 g/mol. The Bertz CT molecular complexity index is 667. The number of nitro groups is 1. The normalized spacial score (nSPS) is 22.4. The zero-order valence-corrected chi connectivity index (χ0v) is 14.3. The predicted octanol–water partition coefficient (Wildman–Crippen LogP) is 1.00. The number of rotatable bonds is 1. The van der Waals surface area contributed by atoms with Crippen molar-refractivity contribution in [2.45, 2.75) is 24.3 Å². The molecule has 3 rings (SSSR count). The van der Waals surface area contributed by atoms with Gasteiger partial charge < -0.3 is 15.0 Å². The number of ether oxygens (including phenoxy) is 1. The zero-order valence-electron chi connectivity index (χ0n) is 13.4. The molecule has 0 aliphatic carbocycles. The number of non-ortho nitro benzene ring substituents is 1. The Hall–Kier alpha value is -2.13. The topological polar surface area (TPSA) is 102 Å². The summed E-state index contributed by atoms with van der Waals surface area (Å²) in [4.78, 5) is 36.3. The molecule has 1 aromatic carbocycles. The number of thiol groups is 1. The molecule has 0 saturated carbocycles. The lowest BCUT2D eigenvalue weighted by Gasteiger charge is -2.26. The summed E-state index contributed by atoms with van der Waals surface area (Å²) in [6.07, 6.45) is 0.429. The maximum absolute atomic E-state index is 12.6. The standard InChI is InChI=1S/C13H12N2O5S.C2H7N/c16-12-10-3-8(15(18)19)2-1-7(10)6-20-13(17)11-4-9(21)5-14(11)12;1-3-2/h1-3,9,11,21H,4-6H2;3H,1-2H3. The molecule has 1 N–H and O–H groups in total. The Morgan fingerprint density at radius 3 is 2.67 bits per heavy atom. The van der Waals surface area contributed by atoms with Crippen molar-refractivity contribution in [3.05, 3.63) is 39.4 Å². The number of carbonyl (C=O) groups is 2. The molecule has 9 heteroatoms. The van der Waals surface area contributed by atoms with Crippen molar-refractivity contribution in [1.82, 2.24) is 10.2 Å². The van der Waals surface area contributed by atoms with Crippen LogP contribution in [0, 0.1) is 10.1 Å². The molecule has 1 aromatic rings. The fourth-order valence-corrected chi connectivity index (χ4v) is 3.04. The van der Waals surface area contributed by atoms with Gasteiger partial charge in [0.05, 0.1) is 10.5 Å². The molecular weight excluding hydrogens is 334 g/mol. The number of hydrogen-bond acceptors (Lipinski definition) is 7. The largest absolute Gasteiger partial charge is 0.459 e. The lowest BCUT2D eigenvalue weighted by Crippen LogP contribution is -2.43. The van der Waals surface area contributed by atoms with E-state index in [4.69, 9.17) is 4.74 Å². The summed E-state index contributed by atoms with van der Waals surface area (Å²) < 4.78 is 5.18. The van der Waals surface area contributed by atoms with Crippen LogP contribution >= 0.6 is 12.6 Å². The number of carbonyl (C=O) groups excluding carboxylic acids is 2. The summed E-state index contributed by atoms with van der Waals surface area (Å²) in [5.74, 6) is -0.837. The number of esters is 1. The van der Waals surface area contributed by atoms with Crippen molar-refractivity contribution >= 4 is 30.2 Å². The second-order valence-electron chi connectivity index (χ2n) is 5.57. The molecule has 2 unspecified atom stereocenters. The molecule has 1 saturated heterocycles. The second-order valence-corrected chi connectivity index (χ2v) is 6.30. The SMILES string of the molecule is CNC.O=C1OCc2ccc([N+](=O)[O-])cc2C(=O)N2CC(S)CC12. The van der Waals surface area contributed by atoms with Gasteiger partial charge in [-0.15, -0.1) is 0 Å². The number of nitrogens with one attached hydrogen (secondary N) is 1. The van der Waals surface area contributed by atoms with Crippen molar-refractivity contribution in [1.29, 1.82) is 0 Å². The molecule has 2 atom stereocenters. The summed E-state index contributed by atoms with van der Waals surface area (Å²) >= 11 is 4.31. The van der Waals surface area contributed by atoms with Crippen LogP contribution in [-0.4, -0.2) is 53.6 Å². The minimum absolute atomic E-state index is 0.0561. The highest BCUT2D eigenvalue weighted by atomic mass is 32.1. The Balaban J connectivity index is 0.000000647. The molecule has 0 aromatic heterocycles. The van der Waals surface area contributed by atoms with E-state index in [2.05, 4.69) is 17.9 Å². The minimum Gasteiger partial charge on any atom is -0.459 e. The molecule has 0 bridgehead atoms. The Labute approximate surface area is 144 Å². The molecule has 0 radical (unpaired) electrons. The minimum atomic E-state index is -0.660. The molecule has 24 heavy (non-hydrogen) atoms. The Morgan fingerprint density at radius 1 is 1.38 bits per heavy atom. The van der Waals surface area contributed by atoms with Gasteiger partial charge in [0.2, 0.25) is 0 Å². The van der Waals surface area contributed by atoms with Crippen LogP contribution in [0.4, 0.5) is 5.69 Å². The van der Waals surface area contributed by atoms with E-state index in [0.29, 0.717) is 18.5 Å². The molecular formula is C15H19N3O5S. The third-order valence-corrected chi connectivity index (χ3v) is 4.09. The van der Waals surface area contributed by atoms with Gasteiger partial charge in [-0.05, 0) is 26.6 Å². The molecule has 1 amide bonds. The number of nitro benzene ring substituents is 1. The van der Waals surface area contributed by atoms with E-state index in [-0.39, 0.29) is 29.0 Å². The molecule has 2 heterocycles. The number of amides is 1. The van der Waals surface area contributed by atoms with Crippen molar-refractivity contribution in [2.24, 2.45) is 0 Å². The van der Waals surface area contributed by atoms with E-state index in [1.807, 2.05) is 14.1 Å². The van der Waals surface area contributed by atoms with E-state index in [9.17, 15) is 19.7 Å². The van der Waals surface area contributed by atoms with Crippen LogP contribution in [0.15, 0.2) is 18.2 Å². The summed E-state index contributed by atoms with van der Waals surface area (Å²) in [6, 6.07) is 3.32. The second kappa shape index (κ2) is 7.63. The fraction of sp³-hybridized carbons (Fsp3) is 0.467. The third-order valence-electron chi connectivity index (χ3n) is 3.72. The van der Waals surface area contributed by atoms with E-state index in [1.165, 1.54) is 23.1 Å². The van der Waals surface area contributed by atoms with Gasteiger partial charge in [0.25, 0.3) is 11.6 Å². The molecule has 8 nitrogen and oxygen atoms in total. The van der Waals surface area contributed by atoms with Crippen LogP contribution in [0.1, 0.15) is 22.3 Å². The van der Waals surface area contributed by atoms with Crippen LogP contribution in [0.2, 0.25) is 0 Å². The monoisotopic (exact) mass is 353 g/mol. The van der Waals surface area contributed by atoms with Gasteiger partial charge in [0, 0.05) is 29.5 Å². The van der Waals surface area contributed by atoms with Gasteiger partial charge in [0.1, 0.15) is 12.6 Å². The first-order valence-corrected chi connectivity index (χ1v) is 7.92. The van der Waals surface area contributed by atoms with Gasteiger partial charge >= 0.3 is 5.97 Å². The highest BCUT2D eigenvalue weighted by Crippen LogP contribution is 2.29. The zero-order chi connectivity index (χ0) is 17.9. The molecule has 2 aliphatic heterocycles. The number of cyclic esters (lactones) is 1. The molecule has 2 aliphatic rings. The highest BCUT2D eigenvalue weighted by Gasteiger charge is 2.41. The first kappa shape index (κ1) is 18.2. The number of hydrogen-bond donors (Lipinski definition) is 2. The van der Waals surface area contributed by atoms with Gasteiger partial charge in [-0.3, -0.25) is 14.9 Å². The summed E-state index contributed by atoms with van der Waals surface area (Å²) in [6.45, 7) is 0.267. The Morgan fingerprint density at radius 2 is 2.04 bits per heavy atom. The number of fused-ring (bicyclic) bond motifs is 2. The fourth-order valence-electron chi connectivity index (χ4n) is 2.66.